The zero-order valence-electron chi connectivity index (χ0n) is 12.0. The van der Waals surface area contributed by atoms with E-state index in [2.05, 4.69) is 9.97 Å². The molecule has 2 heterocycles. The normalized spacial score (nSPS) is 10.6. The minimum atomic E-state index is -0.608. The second-order valence-corrected chi connectivity index (χ2v) is 4.75. The van der Waals surface area contributed by atoms with E-state index in [0.717, 1.165) is 11.1 Å². The number of hydrogen-bond acceptors (Lipinski definition) is 4. The van der Waals surface area contributed by atoms with Crippen molar-refractivity contribution in [3.63, 3.8) is 0 Å². The molecule has 5 nitrogen and oxygen atoms in total. The number of aromatic amines is 1. The Morgan fingerprint density at radius 3 is 2.68 bits per heavy atom. The van der Waals surface area contributed by atoms with Crippen LogP contribution >= 0.6 is 0 Å². The molecule has 0 bridgehead atoms. The first-order valence-electron chi connectivity index (χ1n) is 6.93. The van der Waals surface area contributed by atoms with Crippen LogP contribution in [0.25, 0.3) is 22.0 Å². The molecule has 0 atom stereocenters. The fourth-order valence-corrected chi connectivity index (χ4v) is 2.31. The van der Waals surface area contributed by atoms with Crippen LogP contribution in [0.3, 0.4) is 0 Å². The lowest BCUT2D eigenvalue weighted by Crippen LogP contribution is -2.18. The SMILES string of the molecule is CCOC(=O)c1c[nH]c2cc(-c3ccncc3)ccc2c1=O. The van der Waals surface area contributed by atoms with Gasteiger partial charge in [-0.3, -0.25) is 9.78 Å². The van der Waals surface area contributed by atoms with Gasteiger partial charge in [0.1, 0.15) is 5.56 Å². The van der Waals surface area contributed by atoms with Gasteiger partial charge in [0.15, 0.2) is 0 Å². The first-order valence-corrected chi connectivity index (χ1v) is 6.93. The number of carbonyl (C=O) groups is 1. The van der Waals surface area contributed by atoms with Crippen LogP contribution in [-0.4, -0.2) is 22.5 Å². The molecule has 0 aliphatic heterocycles. The molecule has 0 fully saturated rings. The van der Waals surface area contributed by atoms with E-state index in [4.69, 9.17) is 4.74 Å². The van der Waals surface area contributed by atoms with Crippen LogP contribution in [0.1, 0.15) is 17.3 Å². The second-order valence-electron chi connectivity index (χ2n) is 4.75. The Bertz CT molecular complexity index is 885. The number of aromatic nitrogens is 2. The molecule has 0 saturated carbocycles. The van der Waals surface area contributed by atoms with Crippen LogP contribution < -0.4 is 5.43 Å². The molecule has 0 saturated heterocycles. The van der Waals surface area contributed by atoms with Gasteiger partial charge in [-0.1, -0.05) is 6.07 Å². The van der Waals surface area contributed by atoms with Gasteiger partial charge >= 0.3 is 5.97 Å². The van der Waals surface area contributed by atoms with Crippen molar-refractivity contribution in [2.75, 3.05) is 6.61 Å². The van der Waals surface area contributed by atoms with Crippen molar-refractivity contribution in [1.29, 1.82) is 0 Å². The standard InChI is InChI=1S/C17H14N2O3/c1-2-22-17(21)14-10-19-15-9-12(3-4-13(15)16(14)20)11-5-7-18-8-6-11/h3-10H,2H2,1H3,(H,19,20). The van der Waals surface area contributed by atoms with Crippen molar-refractivity contribution in [3.05, 3.63) is 64.7 Å². The molecular weight excluding hydrogens is 280 g/mol. The fraction of sp³-hybridized carbons (Fsp3) is 0.118. The highest BCUT2D eigenvalue weighted by Gasteiger charge is 2.14. The summed E-state index contributed by atoms with van der Waals surface area (Å²) in [6.07, 6.45) is 4.83. The summed E-state index contributed by atoms with van der Waals surface area (Å²) < 4.78 is 4.88. The molecule has 3 aromatic rings. The first kappa shape index (κ1) is 14.0. The summed E-state index contributed by atoms with van der Waals surface area (Å²) >= 11 is 0. The van der Waals surface area contributed by atoms with Crippen LogP contribution in [0.15, 0.2) is 53.7 Å². The van der Waals surface area contributed by atoms with E-state index >= 15 is 0 Å². The number of rotatable bonds is 3. The van der Waals surface area contributed by atoms with Crippen LogP contribution in [0, 0.1) is 0 Å². The molecule has 110 valence electrons. The average Bonchev–Trinajstić information content (AvgIpc) is 2.56. The van der Waals surface area contributed by atoms with Crippen LogP contribution in [0.2, 0.25) is 0 Å². The summed E-state index contributed by atoms with van der Waals surface area (Å²) in [6, 6.07) is 9.23. The lowest BCUT2D eigenvalue weighted by molar-refractivity contribution is 0.0524. The quantitative estimate of drug-likeness (QED) is 0.754. The largest absolute Gasteiger partial charge is 0.462 e. The highest BCUT2D eigenvalue weighted by atomic mass is 16.5. The zero-order valence-corrected chi connectivity index (χ0v) is 12.0. The molecule has 0 radical (unpaired) electrons. The number of nitrogens with one attached hydrogen (secondary N) is 1. The number of fused-ring (bicyclic) bond motifs is 1. The molecule has 1 aromatic carbocycles. The van der Waals surface area contributed by atoms with E-state index in [1.54, 1.807) is 25.4 Å². The number of pyridine rings is 2. The second kappa shape index (κ2) is 5.81. The summed E-state index contributed by atoms with van der Waals surface area (Å²) in [5.74, 6) is -0.608. The molecule has 0 aliphatic carbocycles. The number of benzene rings is 1. The van der Waals surface area contributed by atoms with Crippen molar-refractivity contribution in [2.24, 2.45) is 0 Å². The van der Waals surface area contributed by atoms with Gasteiger partial charge in [0.25, 0.3) is 0 Å². The third kappa shape index (κ3) is 2.48. The van der Waals surface area contributed by atoms with Crippen molar-refractivity contribution in [1.82, 2.24) is 9.97 Å². The predicted molar refractivity (Wildman–Crippen MR) is 83.8 cm³/mol. The summed E-state index contributed by atoms with van der Waals surface area (Å²) in [5, 5.41) is 0.461. The summed E-state index contributed by atoms with van der Waals surface area (Å²) in [4.78, 5) is 31.1. The molecule has 2 aromatic heterocycles. The number of nitrogens with zero attached hydrogens (tertiary/aromatic N) is 1. The Morgan fingerprint density at radius 2 is 1.95 bits per heavy atom. The molecule has 0 spiro atoms. The number of hydrogen-bond donors (Lipinski definition) is 1. The maximum absolute atomic E-state index is 12.4. The topological polar surface area (TPSA) is 72.1 Å². The van der Waals surface area contributed by atoms with E-state index in [1.807, 2.05) is 24.3 Å². The Kier molecular flexibility index (Phi) is 3.70. The molecule has 0 aliphatic rings. The van der Waals surface area contributed by atoms with Crippen molar-refractivity contribution >= 4 is 16.9 Å². The molecule has 5 heteroatoms. The number of esters is 1. The van der Waals surface area contributed by atoms with E-state index < -0.39 is 5.97 Å². The Morgan fingerprint density at radius 1 is 1.18 bits per heavy atom. The molecule has 22 heavy (non-hydrogen) atoms. The summed E-state index contributed by atoms with van der Waals surface area (Å²) in [7, 11) is 0. The van der Waals surface area contributed by atoms with Crippen molar-refractivity contribution in [3.8, 4) is 11.1 Å². The third-order valence-corrected chi connectivity index (χ3v) is 3.39. The van der Waals surface area contributed by atoms with E-state index in [1.165, 1.54) is 6.20 Å². The number of carbonyl (C=O) groups excluding carboxylic acids is 1. The van der Waals surface area contributed by atoms with Gasteiger partial charge in [0.05, 0.1) is 6.61 Å². The maximum atomic E-state index is 12.4. The smallest absolute Gasteiger partial charge is 0.343 e. The lowest BCUT2D eigenvalue weighted by Gasteiger charge is -2.06. The van der Waals surface area contributed by atoms with Gasteiger partial charge in [0, 0.05) is 29.5 Å². The summed E-state index contributed by atoms with van der Waals surface area (Å²) in [6.45, 7) is 1.94. The van der Waals surface area contributed by atoms with E-state index in [9.17, 15) is 9.59 Å². The highest BCUT2D eigenvalue weighted by molar-refractivity contribution is 5.94. The van der Waals surface area contributed by atoms with E-state index in [-0.39, 0.29) is 17.6 Å². The van der Waals surface area contributed by atoms with Gasteiger partial charge in [0.2, 0.25) is 5.43 Å². The zero-order chi connectivity index (χ0) is 15.5. The first-order chi connectivity index (χ1) is 10.7. The predicted octanol–water partition coefficient (Wildman–Crippen LogP) is 2.77. The average molecular weight is 294 g/mol. The van der Waals surface area contributed by atoms with Gasteiger partial charge in [-0.05, 0) is 42.3 Å². The Hall–Kier alpha value is -2.95. The minimum Gasteiger partial charge on any atom is -0.462 e. The highest BCUT2D eigenvalue weighted by Crippen LogP contribution is 2.21. The molecular formula is C17H14N2O3. The molecule has 0 amide bonds. The Labute approximate surface area is 126 Å². The van der Waals surface area contributed by atoms with Crippen LogP contribution in [-0.2, 0) is 4.74 Å². The molecule has 3 rings (SSSR count). The summed E-state index contributed by atoms with van der Waals surface area (Å²) in [5.41, 5.74) is 2.34. The molecule has 1 N–H and O–H groups in total. The van der Waals surface area contributed by atoms with Crippen LogP contribution in [0.5, 0.6) is 0 Å². The Balaban J connectivity index is 2.11. The van der Waals surface area contributed by atoms with Gasteiger partial charge in [-0.2, -0.15) is 0 Å². The van der Waals surface area contributed by atoms with Crippen LogP contribution in [0.4, 0.5) is 0 Å². The molecule has 0 unspecified atom stereocenters. The monoisotopic (exact) mass is 294 g/mol. The van der Waals surface area contributed by atoms with Crippen molar-refractivity contribution < 1.29 is 9.53 Å². The minimum absolute atomic E-state index is 0.0195. The number of H-pyrrole nitrogens is 1. The van der Waals surface area contributed by atoms with Gasteiger partial charge < -0.3 is 9.72 Å². The van der Waals surface area contributed by atoms with Crippen molar-refractivity contribution in [2.45, 2.75) is 6.92 Å². The lowest BCUT2D eigenvalue weighted by atomic mass is 10.0. The van der Waals surface area contributed by atoms with E-state index in [0.29, 0.717) is 10.9 Å². The maximum Gasteiger partial charge on any atom is 0.343 e. The third-order valence-electron chi connectivity index (χ3n) is 3.39. The van der Waals surface area contributed by atoms with Gasteiger partial charge in [-0.15, -0.1) is 0 Å². The fourth-order valence-electron chi connectivity index (χ4n) is 2.31. The van der Waals surface area contributed by atoms with Gasteiger partial charge in [-0.25, -0.2) is 4.79 Å². The number of ether oxygens (including phenoxy) is 1.